The molecule has 1 amide bonds. The van der Waals surface area contributed by atoms with Crippen molar-refractivity contribution in [2.24, 2.45) is 5.92 Å². The van der Waals surface area contributed by atoms with Crippen molar-refractivity contribution in [2.45, 2.75) is 37.4 Å². The Balaban J connectivity index is 1.33. The van der Waals surface area contributed by atoms with E-state index < -0.39 is 6.17 Å². The van der Waals surface area contributed by atoms with Gasteiger partial charge in [-0.05, 0) is 73.0 Å². The minimum absolute atomic E-state index is 0.0333. The zero-order valence-corrected chi connectivity index (χ0v) is 22.1. The van der Waals surface area contributed by atoms with Gasteiger partial charge in [-0.1, -0.05) is 36.4 Å². The normalized spacial score (nSPS) is 23.7. The lowest BCUT2D eigenvalue weighted by atomic mass is 9.93. The van der Waals surface area contributed by atoms with Crippen LogP contribution in [0.4, 0.5) is 10.2 Å². The topological polar surface area (TPSA) is 79.4 Å². The molecule has 1 aliphatic heterocycles. The van der Waals surface area contributed by atoms with Crippen molar-refractivity contribution in [3.05, 3.63) is 59.1 Å². The number of nitrogens with one attached hydrogen (secondary N) is 2. The van der Waals surface area contributed by atoms with Gasteiger partial charge in [-0.2, -0.15) is 9.97 Å². The molecule has 9 heteroatoms. The van der Waals surface area contributed by atoms with Crippen LogP contribution in [0.2, 0.25) is 5.02 Å². The van der Waals surface area contributed by atoms with E-state index in [9.17, 15) is 9.18 Å². The van der Waals surface area contributed by atoms with Gasteiger partial charge >= 0.3 is 6.01 Å². The minimum atomic E-state index is -0.850. The van der Waals surface area contributed by atoms with E-state index >= 15 is 0 Å². The van der Waals surface area contributed by atoms with Crippen LogP contribution in [0.5, 0.6) is 6.01 Å². The van der Waals surface area contributed by atoms with Crippen LogP contribution >= 0.6 is 11.6 Å². The van der Waals surface area contributed by atoms with E-state index in [2.05, 4.69) is 40.4 Å². The van der Waals surface area contributed by atoms with Crippen molar-refractivity contribution in [3.63, 3.8) is 0 Å². The molecule has 6 rings (SSSR count). The van der Waals surface area contributed by atoms with Crippen LogP contribution in [0.3, 0.4) is 0 Å². The molecule has 2 fully saturated rings. The van der Waals surface area contributed by atoms with E-state index in [1.54, 1.807) is 0 Å². The Labute approximate surface area is 226 Å². The summed E-state index contributed by atoms with van der Waals surface area (Å²) in [5.41, 5.74) is 5.67. The third kappa shape index (κ3) is 4.83. The number of benzene rings is 2. The first-order valence-electron chi connectivity index (χ1n) is 13.2. The van der Waals surface area contributed by atoms with Crippen molar-refractivity contribution in [1.29, 1.82) is 0 Å². The Bertz CT molecular complexity index is 1420. The molecule has 4 atom stereocenters. The number of aromatic nitrogens is 2. The molecule has 0 radical (unpaired) electrons. The number of anilines is 1. The van der Waals surface area contributed by atoms with Crippen LogP contribution in [0.1, 0.15) is 29.9 Å². The van der Waals surface area contributed by atoms with Crippen LogP contribution in [0.25, 0.3) is 22.0 Å². The first kappa shape index (κ1) is 25.1. The maximum atomic E-state index is 13.9. The van der Waals surface area contributed by atoms with Crippen LogP contribution in [-0.4, -0.2) is 66.3 Å². The molecule has 1 saturated heterocycles. The van der Waals surface area contributed by atoms with Crippen molar-refractivity contribution in [1.82, 2.24) is 20.2 Å². The molecule has 2 aliphatic carbocycles. The number of hydrogen-bond donors (Lipinski definition) is 2. The van der Waals surface area contributed by atoms with Gasteiger partial charge < -0.3 is 15.4 Å². The summed E-state index contributed by atoms with van der Waals surface area (Å²) in [4.78, 5) is 22.8. The lowest BCUT2D eigenvalue weighted by Crippen LogP contribution is -2.31. The molecule has 198 valence electrons. The summed E-state index contributed by atoms with van der Waals surface area (Å²) in [6.45, 7) is 5.01. The number of nitrogens with zero attached hydrogens (tertiary/aromatic N) is 3. The summed E-state index contributed by atoms with van der Waals surface area (Å²) in [6, 6.07) is 10.6. The van der Waals surface area contributed by atoms with Crippen LogP contribution < -0.4 is 15.4 Å². The molecule has 0 bridgehead atoms. The Morgan fingerprint density at radius 3 is 2.92 bits per heavy atom. The van der Waals surface area contributed by atoms with E-state index in [1.807, 2.05) is 24.1 Å². The number of carbonyl (C=O) groups excluding carboxylic acids is 1. The first-order valence-corrected chi connectivity index (χ1v) is 13.5. The first-order chi connectivity index (χ1) is 18.4. The summed E-state index contributed by atoms with van der Waals surface area (Å²) in [5, 5.41) is 7.43. The van der Waals surface area contributed by atoms with Gasteiger partial charge in [0.1, 0.15) is 18.6 Å². The molecule has 38 heavy (non-hydrogen) atoms. The number of amides is 1. The van der Waals surface area contributed by atoms with Gasteiger partial charge in [0, 0.05) is 41.6 Å². The lowest BCUT2D eigenvalue weighted by Gasteiger charge is -2.19. The van der Waals surface area contributed by atoms with Crippen molar-refractivity contribution >= 4 is 34.2 Å². The molecule has 2 N–H and O–H groups in total. The van der Waals surface area contributed by atoms with Crippen LogP contribution in [0, 0.1) is 5.92 Å². The number of likely N-dealkylation sites (N-methyl/N-ethyl adjacent to an activating group) is 1. The SMILES string of the molecule is C=CC(=O)NCCNc1nc(OC[C@@H]2C[C@@H](F)CN2C)nc2cc(-c3cccc4c3C3CC3C4)c(Cl)cc12. The van der Waals surface area contributed by atoms with Gasteiger partial charge in [0.15, 0.2) is 0 Å². The van der Waals surface area contributed by atoms with E-state index in [4.69, 9.17) is 21.3 Å². The van der Waals surface area contributed by atoms with Crippen LogP contribution in [0.15, 0.2) is 43.0 Å². The van der Waals surface area contributed by atoms with Gasteiger partial charge in [-0.3, -0.25) is 9.69 Å². The second kappa shape index (κ2) is 10.2. The Hall–Kier alpha value is -3.23. The summed E-state index contributed by atoms with van der Waals surface area (Å²) in [7, 11) is 1.90. The minimum Gasteiger partial charge on any atom is -0.462 e. The summed E-state index contributed by atoms with van der Waals surface area (Å²) >= 11 is 6.89. The number of hydrogen-bond acceptors (Lipinski definition) is 6. The predicted molar refractivity (Wildman–Crippen MR) is 148 cm³/mol. The maximum absolute atomic E-state index is 13.9. The van der Waals surface area contributed by atoms with Gasteiger partial charge in [0.05, 0.1) is 5.52 Å². The van der Waals surface area contributed by atoms with Crippen molar-refractivity contribution < 1.29 is 13.9 Å². The highest BCUT2D eigenvalue weighted by atomic mass is 35.5. The molecular weight excluding hydrogens is 505 g/mol. The summed E-state index contributed by atoms with van der Waals surface area (Å²) in [5.74, 6) is 1.72. The van der Waals surface area contributed by atoms with Gasteiger partial charge in [-0.15, -0.1) is 0 Å². The number of carbonyl (C=O) groups is 1. The van der Waals surface area contributed by atoms with E-state index in [1.165, 1.54) is 29.2 Å². The number of alkyl halides is 1. The highest BCUT2D eigenvalue weighted by Crippen LogP contribution is 2.59. The Morgan fingerprint density at radius 2 is 2.13 bits per heavy atom. The van der Waals surface area contributed by atoms with Crippen LogP contribution in [-0.2, 0) is 11.2 Å². The quantitative estimate of drug-likeness (QED) is 0.304. The molecule has 3 aromatic rings. The monoisotopic (exact) mass is 535 g/mol. The molecule has 2 unspecified atom stereocenters. The second-order valence-corrected chi connectivity index (χ2v) is 11.0. The fourth-order valence-corrected chi connectivity index (χ4v) is 6.19. The van der Waals surface area contributed by atoms with Crippen molar-refractivity contribution in [3.8, 4) is 17.1 Å². The number of likely N-dealkylation sites (tertiary alicyclic amines) is 1. The van der Waals surface area contributed by atoms with E-state index in [0.29, 0.717) is 54.9 Å². The lowest BCUT2D eigenvalue weighted by molar-refractivity contribution is -0.116. The standard InChI is InChI=1S/C29H31ClFN5O2/c1-3-26(37)32-7-8-33-28-23-12-24(30)22(20-6-4-5-16-9-17-10-21(17)27(16)20)13-25(23)34-29(35-28)38-15-19-11-18(31)14-36(19)2/h3-6,12-13,17-19,21H,1,7-11,14-15H2,2H3,(H,32,37)(H,33,34,35)/t17?,18-,19+,21?/m1/s1. The molecule has 2 heterocycles. The zero-order valence-electron chi connectivity index (χ0n) is 21.3. The molecule has 3 aliphatic rings. The summed E-state index contributed by atoms with van der Waals surface area (Å²) < 4.78 is 19.9. The fourth-order valence-electron chi connectivity index (χ4n) is 5.92. The second-order valence-electron chi connectivity index (χ2n) is 10.5. The Morgan fingerprint density at radius 1 is 1.26 bits per heavy atom. The van der Waals surface area contributed by atoms with Gasteiger partial charge in [-0.25, -0.2) is 4.39 Å². The van der Waals surface area contributed by atoms with E-state index in [0.717, 1.165) is 23.3 Å². The highest BCUT2D eigenvalue weighted by Gasteiger charge is 2.46. The molecule has 0 spiro atoms. The molecule has 2 aromatic carbocycles. The smallest absolute Gasteiger partial charge is 0.318 e. The third-order valence-electron chi connectivity index (χ3n) is 7.97. The van der Waals surface area contributed by atoms with Crippen molar-refractivity contribution in [2.75, 3.05) is 38.6 Å². The average Bonchev–Trinajstić information content (AvgIpc) is 3.45. The van der Waals surface area contributed by atoms with E-state index in [-0.39, 0.29) is 18.0 Å². The zero-order chi connectivity index (χ0) is 26.4. The number of rotatable bonds is 9. The molecule has 1 aromatic heterocycles. The molecular formula is C29H31ClFN5O2. The largest absolute Gasteiger partial charge is 0.462 e. The van der Waals surface area contributed by atoms with Gasteiger partial charge in [0.2, 0.25) is 5.91 Å². The number of halogens is 2. The molecule has 1 saturated carbocycles. The van der Waals surface area contributed by atoms with Gasteiger partial charge in [0.25, 0.3) is 0 Å². The highest BCUT2D eigenvalue weighted by molar-refractivity contribution is 6.34. The summed E-state index contributed by atoms with van der Waals surface area (Å²) in [6.07, 6.45) is 3.21. The maximum Gasteiger partial charge on any atom is 0.318 e. The average molecular weight is 536 g/mol. The fraction of sp³-hybridized carbons (Fsp3) is 0.414. The third-order valence-corrected chi connectivity index (χ3v) is 8.28. The number of fused-ring (bicyclic) bond motifs is 4. The molecule has 7 nitrogen and oxygen atoms in total. The predicted octanol–water partition coefficient (Wildman–Crippen LogP) is 4.74. The number of ether oxygens (including phenoxy) is 1. The Kier molecular flexibility index (Phi) is 6.70.